The zero-order valence-corrected chi connectivity index (χ0v) is 10.9. The Labute approximate surface area is 111 Å². The van der Waals surface area contributed by atoms with E-state index in [0.717, 1.165) is 6.42 Å². The number of amides is 1. The van der Waals surface area contributed by atoms with Crippen LogP contribution in [-0.4, -0.2) is 49.5 Å². The molecule has 0 spiro atoms. The van der Waals surface area contributed by atoms with Gasteiger partial charge in [-0.1, -0.05) is 12.1 Å². The first-order valence-electron chi connectivity index (χ1n) is 6.44. The monoisotopic (exact) mass is 266 g/mol. The molecule has 1 aromatic rings. The summed E-state index contributed by atoms with van der Waals surface area (Å²) in [6.45, 7) is 2.97. The minimum Gasteiger partial charge on any atom is -0.480 e. The number of hydrogen-bond donors (Lipinski definition) is 1. The third-order valence-electron chi connectivity index (χ3n) is 3.50. The third-order valence-corrected chi connectivity index (χ3v) is 3.50. The zero-order valence-electron chi connectivity index (χ0n) is 10.9. The van der Waals surface area contributed by atoms with Crippen molar-refractivity contribution in [2.45, 2.75) is 38.8 Å². The van der Waals surface area contributed by atoms with Crippen LogP contribution in [0.15, 0.2) is 12.4 Å². The van der Waals surface area contributed by atoms with Crippen LogP contribution in [0, 0.1) is 5.92 Å². The van der Waals surface area contributed by atoms with Crippen molar-refractivity contribution < 1.29 is 14.7 Å². The molecule has 1 aliphatic rings. The number of aryl methyl sites for hydroxylation is 1. The van der Waals surface area contributed by atoms with Gasteiger partial charge in [-0.15, -0.1) is 5.10 Å². The topological polar surface area (TPSA) is 88.3 Å². The largest absolute Gasteiger partial charge is 0.480 e. The van der Waals surface area contributed by atoms with E-state index in [1.165, 1.54) is 4.90 Å². The molecule has 0 saturated carbocycles. The van der Waals surface area contributed by atoms with E-state index < -0.39 is 12.0 Å². The van der Waals surface area contributed by atoms with Crippen LogP contribution in [0.2, 0.25) is 0 Å². The maximum Gasteiger partial charge on any atom is 0.326 e. The number of nitrogens with zero attached hydrogens (tertiary/aromatic N) is 4. The van der Waals surface area contributed by atoms with Crippen LogP contribution < -0.4 is 0 Å². The highest BCUT2D eigenvalue weighted by Crippen LogP contribution is 2.23. The molecule has 1 aliphatic heterocycles. The van der Waals surface area contributed by atoms with Gasteiger partial charge in [-0.25, -0.2) is 4.79 Å². The predicted molar refractivity (Wildman–Crippen MR) is 66.2 cm³/mol. The van der Waals surface area contributed by atoms with Crippen molar-refractivity contribution in [1.29, 1.82) is 0 Å². The predicted octanol–water partition coefficient (Wildman–Crippen LogP) is 0.380. The van der Waals surface area contributed by atoms with E-state index in [-0.39, 0.29) is 12.3 Å². The Morgan fingerprint density at radius 1 is 1.47 bits per heavy atom. The first-order valence-corrected chi connectivity index (χ1v) is 6.44. The molecule has 0 bridgehead atoms. The molecule has 1 N–H and O–H groups in total. The van der Waals surface area contributed by atoms with Gasteiger partial charge in [0.1, 0.15) is 6.04 Å². The second-order valence-corrected chi connectivity index (χ2v) is 4.99. The smallest absolute Gasteiger partial charge is 0.326 e. The Kier molecular flexibility index (Phi) is 4.13. The van der Waals surface area contributed by atoms with Crippen LogP contribution in [0.3, 0.4) is 0 Å². The molecule has 0 aliphatic carbocycles. The number of carbonyl (C=O) groups is 2. The van der Waals surface area contributed by atoms with Crippen LogP contribution >= 0.6 is 0 Å². The van der Waals surface area contributed by atoms with Gasteiger partial charge in [-0.2, -0.15) is 0 Å². The molecule has 2 atom stereocenters. The number of rotatable bonds is 4. The molecular formula is C12H18N4O3. The molecule has 1 amide bonds. The van der Waals surface area contributed by atoms with E-state index in [1.807, 2.05) is 6.92 Å². The van der Waals surface area contributed by atoms with Crippen molar-refractivity contribution in [3.63, 3.8) is 0 Å². The van der Waals surface area contributed by atoms with Crippen molar-refractivity contribution in [1.82, 2.24) is 19.9 Å². The summed E-state index contributed by atoms with van der Waals surface area (Å²) >= 11 is 0. The van der Waals surface area contributed by atoms with Gasteiger partial charge in [-0.3, -0.25) is 9.48 Å². The molecule has 2 unspecified atom stereocenters. The third kappa shape index (κ3) is 3.30. The number of carbonyl (C=O) groups excluding carboxylic acids is 1. The van der Waals surface area contributed by atoms with E-state index in [9.17, 15) is 14.7 Å². The Morgan fingerprint density at radius 3 is 2.89 bits per heavy atom. The van der Waals surface area contributed by atoms with Crippen molar-refractivity contribution in [2.24, 2.45) is 5.92 Å². The minimum atomic E-state index is -0.916. The standard InChI is InChI=1S/C12H18N4O3/c1-9-2-6-16(10(8-9)12(18)19)11(17)3-5-15-7-4-13-14-15/h4,7,9-10H,2-3,5-6,8H2,1H3,(H,18,19). The SMILES string of the molecule is CC1CCN(C(=O)CCn2ccnn2)C(C(=O)O)C1. The lowest BCUT2D eigenvalue weighted by Gasteiger charge is -2.36. The lowest BCUT2D eigenvalue weighted by Crippen LogP contribution is -2.49. The summed E-state index contributed by atoms with van der Waals surface area (Å²) < 4.78 is 1.57. The van der Waals surface area contributed by atoms with E-state index >= 15 is 0 Å². The number of piperidine rings is 1. The lowest BCUT2D eigenvalue weighted by atomic mass is 9.92. The van der Waals surface area contributed by atoms with Crippen LogP contribution in [0.1, 0.15) is 26.2 Å². The molecule has 2 rings (SSSR count). The molecule has 19 heavy (non-hydrogen) atoms. The second-order valence-electron chi connectivity index (χ2n) is 4.99. The molecule has 1 aromatic heterocycles. The van der Waals surface area contributed by atoms with E-state index in [2.05, 4.69) is 10.3 Å². The molecule has 0 radical (unpaired) electrons. The van der Waals surface area contributed by atoms with Gasteiger partial charge in [0.05, 0.1) is 12.7 Å². The summed E-state index contributed by atoms with van der Waals surface area (Å²) in [4.78, 5) is 24.8. The summed E-state index contributed by atoms with van der Waals surface area (Å²) in [5.41, 5.74) is 0. The number of aliphatic carboxylic acids is 1. The summed E-state index contributed by atoms with van der Waals surface area (Å²) in [6, 6.07) is -0.688. The number of aromatic nitrogens is 3. The molecule has 0 aromatic carbocycles. The average molecular weight is 266 g/mol. The molecule has 1 saturated heterocycles. The number of likely N-dealkylation sites (tertiary alicyclic amines) is 1. The average Bonchev–Trinajstić information content (AvgIpc) is 2.88. The highest BCUT2D eigenvalue weighted by atomic mass is 16.4. The highest BCUT2D eigenvalue weighted by molar-refractivity contribution is 5.83. The number of hydrogen-bond acceptors (Lipinski definition) is 4. The molecule has 1 fully saturated rings. The van der Waals surface area contributed by atoms with Gasteiger partial charge >= 0.3 is 5.97 Å². The fourth-order valence-corrected chi connectivity index (χ4v) is 2.38. The highest BCUT2D eigenvalue weighted by Gasteiger charge is 2.34. The van der Waals surface area contributed by atoms with Gasteiger partial charge < -0.3 is 10.0 Å². The summed E-state index contributed by atoms with van der Waals surface area (Å²) in [6.07, 6.45) is 4.87. The van der Waals surface area contributed by atoms with Crippen LogP contribution in [0.5, 0.6) is 0 Å². The summed E-state index contributed by atoms with van der Waals surface area (Å²) in [5.74, 6) is -0.698. The fourth-order valence-electron chi connectivity index (χ4n) is 2.38. The normalized spacial score (nSPS) is 23.3. The van der Waals surface area contributed by atoms with Gasteiger partial charge in [0.2, 0.25) is 5.91 Å². The van der Waals surface area contributed by atoms with Crippen molar-refractivity contribution in [3.05, 3.63) is 12.4 Å². The Hall–Kier alpha value is -1.92. The Balaban J connectivity index is 1.94. The minimum absolute atomic E-state index is 0.130. The Bertz CT molecular complexity index is 446. The maximum absolute atomic E-state index is 12.1. The van der Waals surface area contributed by atoms with E-state index in [1.54, 1.807) is 17.1 Å². The van der Waals surface area contributed by atoms with Gasteiger partial charge in [-0.05, 0) is 18.8 Å². The summed E-state index contributed by atoms with van der Waals surface area (Å²) in [5, 5.41) is 16.6. The second kappa shape index (κ2) is 5.81. The summed E-state index contributed by atoms with van der Waals surface area (Å²) in [7, 11) is 0. The van der Waals surface area contributed by atoms with Gasteiger partial charge in [0.15, 0.2) is 0 Å². The molecular weight excluding hydrogens is 248 g/mol. The molecule has 7 heteroatoms. The number of carboxylic acids is 1. The molecule has 2 heterocycles. The van der Waals surface area contributed by atoms with Gasteiger partial charge in [0.25, 0.3) is 0 Å². The lowest BCUT2D eigenvalue weighted by molar-refractivity contribution is -0.153. The maximum atomic E-state index is 12.1. The molecule has 104 valence electrons. The fraction of sp³-hybridized carbons (Fsp3) is 0.667. The van der Waals surface area contributed by atoms with Gasteiger partial charge in [0, 0.05) is 19.2 Å². The number of carboxylic acid groups (broad SMARTS) is 1. The Morgan fingerprint density at radius 2 is 2.26 bits per heavy atom. The van der Waals surface area contributed by atoms with Crippen molar-refractivity contribution >= 4 is 11.9 Å². The zero-order chi connectivity index (χ0) is 13.8. The van der Waals surface area contributed by atoms with Crippen LogP contribution in [0.4, 0.5) is 0 Å². The van der Waals surface area contributed by atoms with Crippen molar-refractivity contribution in [2.75, 3.05) is 6.54 Å². The van der Waals surface area contributed by atoms with E-state index in [4.69, 9.17) is 0 Å². The van der Waals surface area contributed by atoms with Crippen LogP contribution in [0.25, 0.3) is 0 Å². The van der Waals surface area contributed by atoms with Crippen molar-refractivity contribution in [3.8, 4) is 0 Å². The first kappa shape index (κ1) is 13.5. The van der Waals surface area contributed by atoms with E-state index in [0.29, 0.717) is 25.4 Å². The quantitative estimate of drug-likeness (QED) is 0.851. The molecule has 7 nitrogen and oxygen atoms in total. The van der Waals surface area contributed by atoms with Crippen LogP contribution in [-0.2, 0) is 16.1 Å². The first-order chi connectivity index (χ1) is 9.08.